The Balaban J connectivity index is 1.95. The zero-order chi connectivity index (χ0) is 11.7. The number of nitrogens with zero attached hydrogens (tertiary/aromatic N) is 3. The lowest BCUT2D eigenvalue weighted by atomic mass is 10.2. The summed E-state index contributed by atoms with van der Waals surface area (Å²) in [4.78, 5) is 4.29. The molecule has 1 N–H and O–H groups in total. The standard InChI is InChI=1S/C13H12N4/c1-17-9-12(8-15-17)16-11-4-5-13-10(7-11)3-2-6-14-13/h2-9,16H,1H3. The zero-order valence-corrected chi connectivity index (χ0v) is 9.46. The Labute approximate surface area is 98.9 Å². The van der Waals surface area contributed by atoms with Crippen molar-refractivity contribution in [1.82, 2.24) is 14.8 Å². The molecular weight excluding hydrogens is 212 g/mol. The number of aryl methyl sites for hydroxylation is 1. The fourth-order valence-electron chi connectivity index (χ4n) is 1.81. The predicted molar refractivity (Wildman–Crippen MR) is 68.2 cm³/mol. The van der Waals surface area contributed by atoms with Gasteiger partial charge in [0.2, 0.25) is 0 Å². The first-order chi connectivity index (χ1) is 8.31. The predicted octanol–water partition coefficient (Wildman–Crippen LogP) is 2.71. The highest BCUT2D eigenvalue weighted by Gasteiger charge is 1.99. The summed E-state index contributed by atoms with van der Waals surface area (Å²) in [6.45, 7) is 0. The molecule has 0 aliphatic rings. The lowest BCUT2D eigenvalue weighted by Crippen LogP contribution is -1.89. The van der Waals surface area contributed by atoms with E-state index >= 15 is 0 Å². The Hall–Kier alpha value is -2.36. The molecule has 0 bridgehead atoms. The van der Waals surface area contributed by atoms with Crippen LogP contribution in [0, 0.1) is 0 Å². The minimum absolute atomic E-state index is 0.982. The Morgan fingerprint density at radius 2 is 2.12 bits per heavy atom. The van der Waals surface area contributed by atoms with Crippen molar-refractivity contribution in [3.63, 3.8) is 0 Å². The van der Waals surface area contributed by atoms with Crippen molar-refractivity contribution in [2.75, 3.05) is 5.32 Å². The topological polar surface area (TPSA) is 42.7 Å². The fourth-order valence-corrected chi connectivity index (χ4v) is 1.81. The van der Waals surface area contributed by atoms with Gasteiger partial charge >= 0.3 is 0 Å². The molecule has 0 spiro atoms. The van der Waals surface area contributed by atoms with E-state index in [9.17, 15) is 0 Å². The van der Waals surface area contributed by atoms with Gasteiger partial charge in [0.25, 0.3) is 0 Å². The average Bonchev–Trinajstić information content (AvgIpc) is 2.75. The Morgan fingerprint density at radius 3 is 2.94 bits per heavy atom. The van der Waals surface area contributed by atoms with Crippen molar-refractivity contribution >= 4 is 22.3 Å². The highest BCUT2D eigenvalue weighted by atomic mass is 15.3. The summed E-state index contributed by atoms with van der Waals surface area (Å²) >= 11 is 0. The van der Waals surface area contributed by atoms with Crippen LogP contribution in [0.1, 0.15) is 0 Å². The second kappa shape index (κ2) is 3.90. The molecule has 2 heterocycles. The molecule has 3 rings (SSSR count). The van der Waals surface area contributed by atoms with Crippen LogP contribution in [0.5, 0.6) is 0 Å². The van der Waals surface area contributed by atoms with Crippen LogP contribution in [0.15, 0.2) is 48.9 Å². The summed E-state index contributed by atoms with van der Waals surface area (Å²) in [5.74, 6) is 0. The van der Waals surface area contributed by atoms with E-state index in [1.54, 1.807) is 17.1 Å². The number of pyridine rings is 1. The number of aromatic nitrogens is 3. The maximum atomic E-state index is 4.29. The number of anilines is 2. The smallest absolute Gasteiger partial charge is 0.0770 e. The SMILES string of the molecule is Cn1cc(Nc2ccc3ncccc3c2)cn1. The van der Waals surface area contributed by atoms with Crippen LogP contribution in [0.25, 0.3) is 10.9 Å². The Morgan fingerprint density at radius 1 is 1.18 bits per heavy atom. The van der Waals surface area contributed by atoms with Crippen molar-refractivity contribution in [3.8, 4) is 0 Å². The maximum Gasteiger partial charge on any atom is 0.0770 e. The van der Waals surface area contributed by atoms with Gasteiger partial charge in [-0.2, -0.15) is 5.10 Å². The first kappa shape index (κ1) is 9.84. The molecule has 0 amide bonds. The van der Waals surface area contributed by atoms with E-state index in [2.05, 4.69) is 27.5 Å². The number of fused-ring (bicyclic) bond motifs is 1. The van der Waals surface area contributed by atoms with E-state index in [0.717, 1.165) is 22.3 Å². The van der Waals surface area contributed by atoms with E-state index in [1.807, 2.05) is 31.4 Å². The summed E-state index contributed by atoms with van der Waals surface area (Å²) in [6, 6.07) is 10.1. The Kier molecular flexibility index (Phi) is 2.26. The molecule has 3 aromatic rings. The van der Waals surface area contributed by atoms with Crippen molar-refractivity contribution in [3.05, 3.63) is 48.9 Å². The highest BCUT2D eigenvalue weighted by Crippen LogP contribution is 2.20. The quantitative estimate of drug-likeness (QED) is 0.727. The van der Waals surface area contributed by atoms with Gasteiger partial charge in [-0.15, -0.1) is 0 Å². The third kappa shape index (κ3) is 1.97. The van der Waals surface area contributed by atoms with Gasteiger partial charge in [-0.25, -0.2) is 0 Å². The van der Waals surface area contributed by atoms with Gasteiger partial charge in [0.05, 0.1) is 17.4 Å². The van der Waals surface area contributed by atoms with Gasteiger partial charge in [0.1, 0.15) is 0 Å². The van der Waals surface area contributed by atoms with Crippen LogP contribution >= 0.6 is 0 Å². The molecule has 1 aromatic carbocycles. The number of hydrogen-bond acceptors (Lipinski definition) is 3. The third-order valence-electron chi connectivity index (χ3n) is 2.60. The number of benzene rings is 1. The number of rotatable bonds is 2. The van der Waals surface area contributed by atoms with Gasteiger partial charge in [0, 0.05) is 30.5 Å². The number of hydrogen-bond donors (Lipinski definition) is 1. The highest BCUT2D eigenvalue weighted by molar-refractivity contribution is 5.83. The minimum atomic E-state index is 0.982. The molecule has 0 aliphatic carbocycles. The average molecular weight is 224 g/mol. The first-order valence-corrected chi connectivity index (χ1v) is 5.42. The first-order valence-electron chi connectivity index (χ1n) is 5.42. The van der Waals surface area contributed by atoms with Gasteiger partial charge in [-0.3, -0.25) is 9.67 Å². The zero-order valence-electron chi connectivity index (χ0n) is 9.46. The maximum absolute atomic E-state index is 4.29. The third-order valence-corrected chi connectivity index (χ3v) is 2.60. The molecule has 0 atom stereocenters. The van der Waals surface area contributed by atoms with Crippen molar-refractivity contribution in [1.29, 1.82) is 0 Å². The molecule has 84 valence electrons. The molecule has 2 aromatic heterocycles. The van der Waals surface area contributed by atoms with Crippen molar-refractivity contribution < 1.29 is 0 Å². The Bertz CT molecular complexity index is 657. The molecule has 0 radical (unpaired) electrons. The molecule has 0 saturated heterocycles. The van der Waals surface area contributed by atoms with Crippen LogP contribution < -0.4 is 5.32 Å². The van der Waals surface area contributed by atoms with Gasteiger partial charge in [0.15, 0.2) is 0 Å². The van der Waals surface area contributed by atoms with E-state index < -0.39 is 0 Å². The largest absolute Gasteiger partial charge is 0.353 e. The van der Waals surface area contributed by atoms with E-state index in [-0.39, 0.29) is 0 Å². The monoisotopic (exact) mass is 224 g/mol. The van der Waals surface area contributed by atoms with Gasteiger partial charge in [-0.1, -0.05) is 6.07 Å². The molecule has 17 heavy (non-hydrogen) atoms. The number of nitrogens with one attached hydrogen (secondary N) is 1. The van der Waals surface area contributed by atoms with Gasteiger partial charge < -0.3 is 5.32 Å². The second-order valence-electron chi connectivity index (χ2n) is 3.94. The molecule has 0 fully saturated rings. The van der Waals surface area contributed by atoms with Crippen molar-refractivity contribution in [2.24, 2.45) is 7.05 Å². The van der Waals surface area contributed by atoms with Crippen LogP contribution in [-0.4, -0.2) is 14.8 Å². The molecular formula is C13H12N4. The minimum Gasteiger partial charge on any atom is -0.353 e. The molecule has 0 saturated carbocycles. The lowest BCUT2D eigenvalue weighted by Gasteiger charge is -2.04. The summed E-state index contributed by atoms with van der Waals surface area (Å²) in [7, 11) is 1.90. The van der Waals surface area contributed by atoms with Crippen LogP contribution in [0.3, 0.4) is 0 Å². The molecule has 0 unspecified atom stereocenters. The summed E-state index contributed by atoms with van der Waals surface area (Å²) in [5.41, 5.74) is 3.03. The van der Waals surface area contributed by atoms with Gasteiger partial charge in [-0.05, 0) is 24.3 Å². The summed E-state index contributed by atoms with van der Waals surface area (Å²) in [5, 5.41) is 8.55. The van der Waals surface area contributed by atoms with E-state index in [0.29, 0.717) is 0 Å². The van der Waals surface area contributed by atoms with Crippen LogP contribution in [0.4, 0.5) is 11.4 Å². The van der Waals surface area contributed by atoms with Crippen LogP contribution in [-0.2, 0) is 7.05 Å². The van der Waals surface area contributed by atoms with E-state index in [1.165, 1.54) is 0 Å². The molecule has 4 heteroatoms. The normalized spacial score (nSPS) is 10.6. The lowest BCUT2D eigenvalue weighted by molar-refractivity contribution is 0.768. The van der Waals surface area contributed by atoms with Crippen molar-refractivity contribution in [2.45, 2.75) is 0 Å². The summed E-state index contributed by atoms with van der Waals surface area (Å²) in [6.07, 6.45) is 5.54. The van der Waals surface area contributed by atoms with Crippen LogP contribution in [0.2, 0.25) is 0 Å². The fraction of sp³-hybridized carbons (Fsp3) is 0.0769. The second-order valence-corrected chi connectivity index (χ2v) is 3.94. The molecule has 0 aliphatic heterocycles. The van der Waals surface area contributed by atoms with E-state index in [4.69, 9.17) is 0 Å². The molecule has 4 nitrogen and oxygen atoms in total. The summed E-state index contributed by atoms with van der Waals surface area (Å²) < 4.78 is 1.77.